The zero-order valence-corrected chi connectivity index (χ0v) is 18.9. The van der Waals surface area contributed by atoms with E-state index in [2.05, 4.69) is 5.32 Å². The average Bonchev–Trinajstić information content (AvgIpc) is 3.08. The number of aromatic nitrogens is 2. The van der Waals surface area contributed by atoms with E-state index in [0.717, 1.165) is 22.6 Å². The van der Waals surface area contributed by atoms with Crippen LogP contribution in [0.2, 0.25) is 5.02 Å². The Morgan fingerprint density at radius 1 is 1.19 bits per heavy atom. The summed E-state index contributed by atoms with van der Waals surface area (Å²) >= 11 is 5.90. The predicted octanol–water partition coefficient (Wildman–Crippen LogP) is 3.06. The zero-order chi connectivity index (χ0) is 22.7. The van der Waals surface area contributed by atoms with Crippen LogP contribution in [0.5, 0.6) is 5.75 Å². The van der Waals surface area contributed by atoms with E-state index in [1.54, 1.807) is 24.3 Å². The fraction of sp³-hybridized carbons (Fsp3) is 0.333. The number of ether oxygens (including phenoxy) is 1. The third-order valence-electron chi connectivity index (χ3n) is 5.63. The van der Waals surface area contributed by atoms with Gasteiger partial charge in [0.1, 0.15) is 24.5 Å². The van der Waals surface area contributed by atoms with E-state index in [1.165, 1.54) is 0 Å². The SMILES string of the molecule is Cc1nn(-c2ccccc2)c(C)c1[C@H]1C(=O)NCCN1C[C@H](O)COc1ccc(Cl)cc1. The number of β-amino-alcohol motifs (C(OH)–C–C–N with tert-alkyl or cyclic N) is 1. The molecular weight excluding hydrogens is 428 g/mol. The number of benzene rings is 2. The van der Waals surface area contributed by atoms with Crippen LogP contribution in [-0.2, 0) is 4.79 Å². The minimum absolute atomic E-state index is 0.0825. The van der Waals surface area contributed by atoms with E-state index in [1.807, 2.05) is 53.8 Å². The van der Waals surface area contributed by atoms with E-state index in [0.29, 0.717) is 30.4 Å². The van der Waals surface area contributed by atoms with Gasteiger partial charge in [0.05, 0.1) is 11.4 Å². The number of nitrogens with one attached hydrogen (secondary N) is 1. The van der Waals surface area contributed by atoms with Gasteiger partial charge in [-0.2, -0.15) is 5.10 Å². The van der Waals surface area contributed by atoms with Gasteiger partial charge in [-0.1, -0.05) is 29.8 Å². The second kappa shape index (κ2) is 9.73. The first-order valence-electron chi connectivity index (χ1n) is 10.6. The van der Waals surface area contributed by atoms with Crippen LogP contribution >= 0.6 is 11.6 Å². The molecule has 0 spiro atoms. The molecule has 0 aliphatic carbocycles. The third kappa shape index (κ3) is 4.80. The van der Waals surface area contributed by atoms with Gasteiger partial charge in [-0.15, -0.1) is 0 Å². The Hall–Kier alpha value is -2.87. The molecule has 0 saturated carbocycles. The number of aliphatic hydroxyl groups is 1. The maximum atomic E-state index is 12.9. The van der Waals surface area contributed by atoms with Crippen molar-refractivity contribution in [3.05, 3.63) is 76.6 Å². The number of aryl methyl sites for hydroxylation is 1. The van der Waals surface area contributed by atoms with Crippen LogP contribution in [0.3, 0.4) is 0 Å². The molecule has 2 aromatic carbocycles. The van der Waals surface area contributed by atoms with Crippen molar-refractivity contribution in [3.8, 4) is 11.4 Å². The monoisotopic (exact) mass is 454 g/mol. The van der Waals surface area contributed by atoms with Gasteiger partial charge in [-0.25, -0.2) is 4.68 Å². The molecular formula is C24H27ClN4O3. The van der Waals surface area contributed by atoms with Gasteiger partial charge in [-0.05, 0) is 50.2 Å². The molecule has 1 aromatic heterocycles. The summed E-state index contributed by atoms with van der Waals surface area (Å²) in [4.78, 5) is 14.9. The molecule has 0 bridgehead atoms. The standard InChI is InChI=1S/C24H27ClN4O3/c1-16-22(17(2)29(27-16)19-6-4-3-5-7-19)23-24(31)26-12-13-28(23)14-20(30)15-32-21-10-8-18(25)9-11-21/h3-11,20,23,30H,12-15H2,1-2H3,(H,26,31)/t20-,23-/m0/s1. The lowest BCUT2D eigenvalue weighted by Crippen LogP contribution is -2.52. The van der Waals surface area contributed by atoms with Crippen LogP contribution in [0.1, 0.15) is 23.0 Å². The number of carbonyl (C=O) groups excluding carboxylic acids is 1. The highest BCUT2D eigenvalue weighted by molar-refractivity contribution is 6.30. The number of para-hydroxylation sites is 1. The van der Waals surface area contributed by atoms with Crippen LogP contribution in [0.4, 0.5) is 0 Å². The summed E-state index contributed by atoms with van der Waals surface area (Å²) in [5.74, 6) is 0.554. The Kier molecular flexibility index (Phi) is 6.79. The summed E-state index contributed by atoms with van der Waals surface area (Å²) in [6, 6.07) is 16.3. The summed E-state index contributed by atoms with van der Waals surface area (Å²) in [6.07, 6.45) is -0.760. The molecule has 1 fully saturated rings. The summed E-state index contributed by atoms with van der Waals surface area (Å²) < 4.78 is 7.56. The van der Waals surface area contributed by atoms with Crippen molar-refractivity contribution >= 4 is 17.5 Å². The Bertz CT molecular complexity index is 1070. The van der Waals surface area contributed by atoms with Crippen LogP contribution in [0.25, 0.3) is 5.69 Å². The topological polar surface area (TPSA) is 79.6 Å². The first kappa shape index (κ1) is 22.3. The van der Waals surface area contributed by atoms with Gasteiger partial charge in [0.2, 0.25) is 5.91 Å². The number of halogens is 1. The fourth-order valence-electron chi connectivity index (χ4n) is 4.14. The van der Waals surface area contributed by atoms with Crippen molar-refractivity contribution in [1.29, 1.82) is 0 Å². The smallest absolute Gasteiger partial charge is 0.242 e. The van der Waals surface area contributed by atoms with Gasteiger partial charge in [0.15, 0.2) is 0 Å². The van der Waals surface area contributed by atoms with Crippen molar-refractivity contribution in [2.75, 3.05) is 26.2 Å². The molecule has 1 aliphatic heterocycles. The van der Waals surface area contributed by atoms with Crippen LogP contribution in [-0.4, -0.2) is 58.0 Å². The van der Waals surface area contributed by atoms with Gasteiger partial charge < -0.3 is 15.2 Å². The Morgan fingerprint density at radius 2 is 1.91 bits per heavy atom. The number of hydrogen-bond acceptors (Lipinski definition) is 5. The molecule has 8 heteroatoms. The highest BCUT2D eigenvalue weighted by atomic mass is 35.5. The van der Waals surface area contributed by atoms with Gasteiger partial charge in [-0.3, -0.25) is 9.69 Å². The van der Waals surface area contributed by atoms with Crippen molar-refractivity contribution in [2.24, 2.45) is 0 Å². The van der Waals surface area contributed by atoms with Crippen LogP contribution in [0, 0.1) is 13.8 Å². The average molecular weight is 455 g/mol. The lowest BCUT2D eigenvalue weighted by atomic mass is 10.00. The van der Waals surface area contributed by atoms with E-state index in [9.17, 15) is 9.90 Å². The predicted molar refractivity (Wildman–Crippen MR) is 123 cm³/mol. The van der Waals surface area contributed by atoms with Crippen LogP contribution < -0.4 is 10.1 Å². The van der Waals surface area contributed by atoms with E-state index in [-0.39, 0.29) is 12.5 Å². The molecule has 0 unspecified atom stereocenters. The molecule has 2 atom stereocenters. The number of aliphatic hydroxyl groups excluding tert-OH is 1. The molecule has 2 heterocycles. The maximum Gasteiger partial charge on any atom is 0.242 e. The van der Waals surface area contributed by atoms with Crippen molar-refractivity contribution in [3.63, 3.8) is 0 Å². The van der Waals surface area contributed by atoms with Crippen LogP contribution in [0.15, 0.2) is 54.6 Å². The third-order valence-corrected chi connectivity index (χ3v) is 5.89. The molecule has 7 nitrogen and oxygen atoms in total. The summed E-state index contributed by atoms with van der Waals surface area (Å²) in [7, 11) is 0. The Balaban J connectivity index is 1.52. The second-order valence-electron chi connectivity index (χ2n) is 7.94. The normalized spacial score (nSPS) is 17.8. The molecule has 3 aromatic rings. The Morgan fingerprint density at radius 3 is 2.62 bits per heavy atom. The quantitative estimate of drug-likeness (QED) is 0.573. The first-order chi connectivity index (χ1) is 15.4. The van der Waals surface area contributed by atoms with Crippen molar-refractivity contribution in [2.45, 2.75) is 26.0 Å². The van der Waals surface area contributed by atoms with Gasteiger partial charge >= 0.3 is 0 Å². The second-order valence-corrected chi connectivity index (χ2v) is 8.38. The lowest BCUT2D eigenvalue weighted by molar-refractivity contribution is -0.130. The number of carbonyl (C=O) groups is 1. The Labute approximate surface area is 192 Å². The van der Waals surface area contributed by atoms with E-state index < -0.39 is 12.1 Å². The zero-order valence-electron chi connectivity index (χ0n) is 18.2. The van der Waals surface area contributed by atoms with E-state index in [4.69, 9.17) is 21.4 Å². The molecule has 1 aliphatic rings. The maximum absolute atomic E-state index is 12.9. The van der Waals surface area contributed by atoms with Crippen molar-refractivity contribution in [1.82, 2.24) is 20.0 Å². The number of rotatable bonds is 7. The summed E-state index contributed by atoms with van der Waals surface area (Å²) in [5.41, 5.74) is 3.52. The minimum atomic E-state index is -0.760. The molecule has 4 rings (SSSR count). The largest absolute Gasteiger partial charge is 0.491 e. The first-order valence-corrected chi connectivity index (χ1v) is 11.0. The molecule has 32 heavy (non-hydrogen) atoms. The fourth-order valence-corrected chi connectivity index (χ4v) is 4.27. The van der Waals surface area contributed by atoms with Gasteiger partial charge in [0, 0.05) is 35.9 Å². The van der Waals surface area contributed by atoms with Crippen molar-refractivity contribution < 1.29 is 14.6 Å². The molecule has 2 N–H and O–H groups in total. The minimum Gasteiger partial charge on any atom is -0.491 e. The number of amides is 1. The summed E-state index contributed by atoms with van der Waals surface area (Å²) in [5, 5.41) is 18.9. The summed E-state index contributed by atoms with van der Waals surface area (Å²) in [6.45, 7) is 5.48. The number of piperazine rings is 1. The van der Waals surface area contributed by atoms with E-state index >= 15 is 0 Å². The molecule has 1 amide bonds. The highest BCUT2D eigenvalue weighted by Gasteiger charge is 2.36. The van der Waals surface area contributed by atoms with Gasteiger partial charge in [0.25, 0.3) is 0 Å². The lowest BCUT2D eigenvalue weighted by Gasteiger charge is -2.36. The highest BCUT2D eigenvalue weighted by Crippen LogP contribution is 2.30. The number of nitrogens with zero attached hydrogens (tertiary/aromatic N) is 3. The number of hydrogen-bond donors (Lipinski definition) is 2. The molecule has 0 radical (unpaired) electrons. The molecule has 168 valence electrons. The molecule has 1 saturated heterocycles.